The van der Waals surface area contributed by atoms with Gasteiger partial charge in [-0.3, -0.25) is 0 Å². The molecule has 8 heteroatoms. The number of allylic oxidation sites excluding steroid dienone is 5. The number of nitrogens with one attached hydrogen (secondary N) is 1. The third kappa shape index (κ3) is 5.29. The van der Waals surface area contributed by atoms with E-state index in [0.29, 0.717) is 6.42 Å². The molecular weight excluding hydrogens is 384 g/mol. The lowest BCUT2D eigenvalue weighted by Gasteiger charge is -2.35. The Bertz CT molecular complexity index is 686. The molecule has 2 nitrogen and oxygen atoms in total. The van der Waals surface area contributed by atoms with Crippen LogP contribution in [0, 0.1) is 5.92 Å². The van der Waals surface area contributed by atoms with Crippen molar-refractivity contribution < 1.29 is 31.1 Å². The van der Waals surface area contributed by atoms with Gasteiger partial charge in [0.1, 0.15) is 0 Å². The quantitative estimate of drug-likeness (QED) is 0.631. The molecule has 28 heavy (non-hydrogen) atoms. The molecule has 1 N–H and O–H groups in total. The second-order valence-corrected chi connectivity index (χ2v) is 7.38. The molecule has 1 saturated heterocycles. The van der Waals surface area contributed by atoms with Gasteiger partial charge < -0.3 is 10.1 Å². The number of alkyl halides is 6. The zero-order chi connectivity index (χ0) is 20.4. The van der Waals surface area contributed by atoms with E-state index >= 15 is 0 Å². The molecule has 3 unspecified atom stereocenters. The molecule has 1 aliphatic heterocycles. The predicted molar refractivity (Wildman–Crippen MR) is 93.6 cm³/mol. The Morgan fingerprint density at radius 2 is 1.89 bits per heavy atom. The maximum atomic E-state index is 13.1. The van der Waals surface area contributed by atoms with Gasteiger partial charge >= 0.3 is 12.4 Å². The molecule has 0 bridgehead atoms. The summed E-state index contributed by atoms with van der Waals surface area (Å²) in [5.41, 5.74) is -0.164. The van der Waals surface area contributed by atoms with Gasteiger partial charge in [0, 0.05) is 0 Å². The van der Waals surface area contributed by atoms with Crippen LogP contribution in [0.15, 0.2) is 47.1 Å². The molecule has 3 aliphatic rings. The lowest BCUT2D eigenvalue weighted by Crippen LogP contribution is -2.47. The molecule has 156 valence electrons. The van der Waals surface area contributed by atoms with Crippen LogP contribution in [0.4, 0.5) is 26.3 Å². The van der Waals surface area contributed by atoms with Gasteiger partial charge in [0.2, 0.25) is 0 Å². The molecule has 0 aromatic carbocycles. The van der Waals surface area contributed by atoms with Crippen LogP contribution in [0.1, 0.15) is 32.1 Å². The van der Waals surface area contributed by atoms with E-state index in [1.165, 1.54) is 0 Å². The summed E-state index contributed by atoms with van der Waals surface area (Å²) < 4.78 is 84.1. The van der Waals surface area contributed by atoms with E-state index in [1.807, 2.05) is 6.08 Å². The largest absolute Gasteiger partial charge is 0.416 e. The minimum Gasteiger partial charge on any atom is -0.372 e. The Kier molecular flexibility index (Phi) is 6.39. The summed E-state index contributed by atoms with van der Waals surface area (Å²) in [6.07, 6.45) is 0.330. The van der Waals surface area contributed by atoms with Crippen LogP contribution < -0.4 is 5.32 Å². The van der Waals surface area contributed by atoms with Gasteiger partial charge in [0.05, 0.1) is 30.2 Å². The number of hydrogen-bond acceptors (Lipinski definition) is 2. The highest BCUT2D eigenvalue weighted by Crippen LogP contribution is 2.40. The molecule has 1 heterocycles. The van der Waals surface area contributed by atoms with Gasteiger partial charge in [0.15, 0.2) is 0 Å². The van der Waals surface area contributed by atoms with Gasteiger partial charge in [-0.1, -0.05) is 24.3 Å². The highest BCUT2D eigenvalue weighted by atomic mass is 19.4. The molecule has 1 fully saturated rings. The van der Waals surface area contributed by atoms with E-state index in [2.05, 4.69) is 17.5 Å². The van der Waals surface area contributed by atoms with Crippen molar-refractivity contribution in [2.45, 2.75) is 56.6 Å². The molecule has 0 spiro atoms. The first-order chi connectivity index (χ1) is 13.1. The molecule has 0 aromatic heterocycles. The fraction of sp³-hybridized carbons (Fsp3) is 0.600. The van der Waals surface area contributed by atoms with Crippen molar-refractivity contribution in [3.8, 4) is 0 Å². The smallest absolute Gasteiger partial charge is 0.372 e. The van der Waals surface area contributed by atoms with Crippen molar-refractivity contribution in [3.05, 3.63) is 47.1 Å². The van der Waals surface area contributed by atoms with Crippen LogP contribution in [-0.4, -0.2) is 37.7 Å². The van der Waals surface area contributed by atoms with Crippen molar-refractivity contribution in [3.63, 3.8) is 0 Å². The molecule has 0 aromatic rings. The van der Waals surface area contributed by atoms with Crippen LogP contribution >= 0.6 is 0 Å². The highest BCUT2D eigenvalue weighted by Gasteiger charge is 2.44. The van der Waals surface area contributed by atoms with Crippen LogP contribution in [0.2, 0.25) is 0 Å². The van der Waals surface area contributed by atoms with E-state index in [0.717, 1.165) is 37.5 Å². The molecule has 0 amide bonds. The maximum absolute atomic E-state index is 13.1. The molecular formula is C20H23F6NO. The summed E-state index contributed by atoms with van der Waals surface area (Å²) in [6, 6.07) is -0.0921. The summed E-state index contributed by atoms with van der Waals surface area (Å²) in [4.78, 5) is 0. The van der Waals surface area contributed by atoms with E-state index in [1.54, 1.807) is 0 Å². The number of halogens is 6. The van der Waals surface area contributed by atoms with Crippen LogP contribution in [0.5, 0.6) is 0 Å². The van der Waals surface area contributed by atoms with Gasteiger partial charge in [0.25, 0.3) is 0 Å². The third-order valence-corrected chi connectivity index (χ3v) is 5.24. The van der Waals surface area contributed by atoms with E-state index in [9.17, 15) is 26.3 Å². The Hall–Kier alpha value is -1.54. The number of rotatable bonds is 4. The summed E-state index contributed by atoms with van der Waals surface area (Å²) in [5.74, 6) is -2.14. The van der Waals surface area contributed by atoms with Crippen molar-refractivity contribution >= 4 is 0 Å². The standard InChI is InChI=1S/C20H23F6NO/c21-19(22,23)15-9-13(10-16(11-15)20(24,25)26)12-28-17-7-4-8-27-18(17)14-5-2-1-3-6-14/h2,5-6,9,11,16-18,27H,1,3-4,7-8,10,12H2. The fourth-order valence-corrected chi connectivity index (χ4v) is 3.82. The SMILES string of the molecule is FC(F)(F)C1=CC(C(F)(F)F)CC(COC2CCCNC2C2=CCCC=C2)=C1. The first-order valence-electron chi connectivity index (χ1n) is 9.41. The first-order valence-corrected chi connectivity index (χ1v) is 9.41. The zero-order valence-corrected chi connectivity index (χ0v) is 15.2. The summed E-state index contributed by atoms with van der Waals surface area (Å²) >= 11 is 0. The second kappa shape index (κ2) is 8.45. The Balaban J connectivity index is 1.71. The zero-order valence-electron chi connectivity index (χ0n) is 15.2. The fourth-order valence-electron chi connectivity index (χ4n) is 3.82. The molecule has 0 saturated carbocycles. The third-order valence-electron chi connectivity index (χ3n) is 5.24. The number of ether oxygens (including phenoxy) is 1. The average molecular weight is 407 g/mol. The van der Waals surface area contributed by atoms with Gasteiger partial charge in [-0.25, -0.2) is 0 Å². The minimum atomic E-state index is -4.82. The van der Waals surface area contributed by atoms with Crippen molar-refractivity contribution in [2.75, 3.05) is 13.2 Å². The Morgan fingerprint density at radius 3 is 2.54 bits per heavy atom. The van der Waals surface area contributed by atoms with Gasteiger partial charge in [-0.15, -0.1) is 0 Å². The van der Waals surface area contributed by atoms with Crippen LogP contribution in [0.3, 0.4) is 0 Å². The van der Waals surface area contributed by atoms with E-state index < -0.39 is 30.3 Å². The number of piperidine rings is 1. The Labute approximate surface area is 160 Å². The van der Waals surface area contributed by atoms with E-state index in [4.69, 9.17) is 4.74 Å². The normalized spacial score (nSPS) is 29.2. The topological polar surface area (TPSA) is 21.3 Å². The highest BCUT2D eigenvalue weighted by molar-refractivity contribution is 5.34. The monoisotopic (exact) mass is 407 g/mol. The molecule has 2 aliphatic carbocycles. The van der Waals surface area contributed by atoms with Crippen molar-refractivity contribution in [1.82, 2.24) is 5.32 Å². The summed E-state index contributed by atoms with van der Waals surface area (Å²) in [5, 5.41) is 3.36. The van der Waals surface area contributed by atoms with Gasteiger partial charge in [-0.2, -0.15) is 26.3 Å². The van der Waals surface area contributed by atoms with Crippen LogP contribution in [0.25, 0.3) is 0 Å². The average Bonchev–Trinajstić information content (AvgIpc) is 2.66. The lowest BCUT2D eigenvalue weighted by molar-refractivity contribution is -0.162. The Morgan fingerprint density at radius 1 is 1.11 bits per heavy atom. The lowest BCUT2D eigenvalue weighted by atomic mass is 9.89. The van der Waals surface area contributed by atoms with Crippen LogP contribution in [-0.2, 0) is 4.74 Å². The number of hydrogen-bond donors (Lipinski definition) is 1. The predicted octanol–water partition coefficient (Wildman–Crippen LogP) is 5.40. The maximum Gasteiger partial charge on any atom is 0.416 e. The van der Waals surface area contributed by atoms with Crippen molar-refractivity contribution in [2.24, 2.45) is 5.92 Å². The summed E-state index contributed by atoms with van der Waals surface area (Å²) in [7, 11) is 0. The first kappa shape index (κ1) is 21.2. The second-order valence-electron chi connectivity index (χ2n) is 7.38. The minimum absolute atomic E-state index is 0.0228. The molecule has 3 atom stereocenters. The van der Waals surface area contributed by atoms with Gasteiger partial charge in [-0.05, 0) is 55.9 Å². The molecule has 3 rings (SSSR count). The molecule has 0 radical (unpaired) electrons. The van der Waals surface area contributed by atoms with Crippen molar-refractivity contribution in [1.29, 1.82) is 0 Å². The summed E-state index contributed by atoms with van der Waals surface area (Å²) in [6.45, 7) is 0.565. The van der Waals surface area contributed by atoms with E-state index in [-0.39, 0.29) is 30.4 Å².